The van der Waals surface area contributed by atoms with Gasteiger partial charge in [0, 0.05) is 18.3 Å². The Balaban J connectivity index is 1.62. The lowest BCUT2D eigenvalue weighted by molar-refractivity contribution is -0.134. The average Bonchev–Trinajstić information content (AvgIpc) is 2.43. The van der Waals surface area contributed by atoms with Crippen LogP contribution in [0.1, 0.15) is 19.3 Å². The van der Waals surface area contributed by atoms with Crippen molar-refractivity contribution in [3.8, 4) is 0 Å². The van der Waals surface area contributed by atoms with E-state index < -0.39 is 6.10 Å². The molecule has 4 nitrogen and oxygen atoms in total. The van der Waals surface area contributed by atoms with Crippen LogP contribution in [-0.4, -0.2) is 37.7 Å². The maximum Gasteiger partial charge on any atom is 0.251 e. The Kier molecular flexibility index (Phi) is 3.87. The summed E-state index contributed by atoms with van der Waals surface area (Å²) in [6, 6.07) is 6.77. The van der Waals surface area contributed by atoms with Crippen LogP contribution < -0.4 is 10.2 Å². The molecule has 0 bridgehead atoms. The quantitative estimate of drug-likeness (QED) is 0.915. The van der Waals surface area contributed by atoms with Crippen molar-refractivity contribution in [3.05, 3.63) is 30.1 Å². The van der Waals surface area contributed by atoms with E-state index in [-0.39, 0.29) is 11.7 Å². The minimum atomic E-state index is -0.465. The van der Waals surface area contributed by atoms with Crippen LogP contribution in [0.5, 0.6) is 0 Å². The molecular weight excluding hydrogens is 259 g/mol. The van der Waals surface area contributed by atoms with Crippen molar-refractivity contribution in [1.82, 2.24) is 5.32 Å². The molecule has 0 aromatic heterocycles. The summed E-state index contributed by atoms with van der Waals surface area (Å²) in [6.07, 6.45) is 2.84. The molecule has 1 aromatic rings. The topological polar surface area (TPSA) is 41.6 Å². The van der Waals surface area contributed by atoms with E-state index in [1.807, 2.05) is 11.0 Å². The van der Waals surface area contributed by atoms with E-state index in [4.69, 9.17) is 4.74 Å². The number of amides is 1. The molecule has 1 aliphatic heterocycles. The van der Waals surface area contributed by atoms with Crippen molar-refractivity contribution in [2.75, 3.05) is 24.6 Å². The van der Waals surface area contributed by atoms with Gasteiger partial charge in [-0.25, -0.2) is 4.39 Å². The van der Waals surface area contributed by atoms with E-state index in [0.717, 1.165) is 18.5 Å². The number of ether oxygens (including phenoxy) is 1. The van der Waals surface area contributed by atoms with Crippen LogP contribution in [-0.2, 0) is 9.53 Å². The number of anilines is 1. The molecule has 5 heteroatoms. The SMILES string of the molecule is O=C(NC1CCC1)[C@@H]1CN(c2cccc(F)c2)CCO1. The van der Waals surface area contributed by atoms with Gasteiger partial charge in [0.05, 0.1) is 13.2 Å². The summed E-state index contributed by atoms with van der Waals surface area (Å²) in [7, 11) is 0. The van der Waals surface area contributed by atoms with Gasteiger partial charge in [-0.3, -0.25) is 4.79 Å². The number of hydrogen-bond acceptors (Lipinski definition) is 3. The van der Waals surface area contributed by atoms with Crippen LogP contribution in [0.25, 0.3) is 0 Å². The smallest absolute Gasteiger partial charge is 0.251 e. The maximum absolute atomic E-state index is 13.3. The maximum atomic E-state index is 13.3. The van der Waals surface area contributed by atoms with Gasteiger partial charge >= 0.3 is 0 Å². The largest absolute Gasteiger partial charge is 0.366 e. The molecule has 0 unspecified atom stereocenters. The van der Waals surface area contributed by atoms with Crippen molar-refractivity contribution in [1.29, 1.82) is 0 Å². The Bertz CT molecular complexity index is 491. The molecule has 1 atom stereocenters. The molecule has 1 aliphatic carbocycles. The van der Waals surface area contributed by atoms with Gasteiger partial charge in [0.2, 0.25) is 0 Å². The van der Waals surface area contributed by atoms with Gasteiger partial charge in [-0.05, 0) is 37.5 Å². The Hall–Kier alpha value is -1.62. The zero-order valence-electron chi connectivity index (χ0n) is 11.3. The minimum absolute atomic E-state index is 0.0456. The monoisotopic (exact) mass is 278 g/mol. The van der Waals surface area contributed by atoms with Crippen molar-refractivity contribution in [2.24, 2.45) is 0 Å². The first-order chi connectivity index (χ1) is 9.72. The fraction of sp³-hybridized carbons (Fsp3) is 0.533. The zero-order chi connectivity index (χ0) is 13.9. The van der Waals surface area contributed by atoms with Crippen molar-refractivity contribution in [2.45, 2.75) is 31.4 Å². The Morgan fingerprint density at radius 2 is 2.25 bits per heavy atom. The second-order valence-corrected chi connectivity index (χ2v) is 5.42. The number of benzene rings is 1. The van der Waals surface area contributed by atoms with Crippen molar-refractivity contribution < 1.29 is 13.9 Å². The molecule has 108 valence electrons. The van der Waals surface area contributed by atoms with Crippen molar-refractivity contribution in [3.63, 3.8) is 0 Å². The van der Waals surface area contributed by atoms with Gasteiger partial charge in [0.25, 0.3) is 5.91 Å². The Morgan fingerprint density at radius 3 is 2.95 bits per heavy atom. The third kappa shape index (κ3) is 2.93. The highest BCUT2D eigenvalue weighted by molar-refractivity contribution is 5.82. The van der Waals surface area contributed by atoms with Gasteiger partial charge < -0.3 is 15.0 Å². The number of nitrogens with zero attached hydrogens (tertiary/aromatic N) is 1. The lowest BCUT2D eigenvalue weighted by Gasteiger charge is -2.35. The first kappa shape index (κ1) is 13.4. The van der Waals surface area contributed by atoms with Crippen LogP contribution >= 0.6 is 0 Å². The zero-order valence-corrected chi connectivity index (χ0v) is 11.3. The highest BCUT2D eigenvalue weighted by Gasteiger charge is 2.29. The summed E-state index contributed by atoms with van der Waals surface area (Å²) < 4.78 is 18.8. The highest BCUT2D eigenvalue weighted by atomic mass is 19.1. The summed E-state index contributed by atoms with van der Waals surface area (Å²) in [4.78, 5) is 14.1. The van der Waals surface area contributed by atoms with Gasteiger partial charge in [-0.15, -0.1) is 0 Å². The number of carbonyl (C=O) groups is 1. The van der Waals surface area contributed by atoms with Gasteiger partial charge in [0.15, 0.2) is 6.10 Å². The molecule has 1 saturated heterocycles. The molecule has 2 aliphatic rings. The number of carbonyl (C=O) groups excluding carboxylic acids is 1. The number of rotatable bonds is 3. The normalized spacial score (nSPS) is 23.2. The van der Waals surface area contributed by atoms with Crippen LogP contribution in [0.2, 0.25) is 0 Å². The number of morpholine rings is 1. The van der Waals surface area contributed by atoms with Crippen LogP contribution in [0.15, 0.2) is 24.3 Å². The van der Waals surface area contributed by atoms with Crippen molar-refractivity contribution >= 4 is 11.6 Å². The molecule has 1 aromatic carbocycles. The van der Waals surface area contributed by atoms with Gasteiger partial charge in [-0.1, -0.05) is 6.07 Å². The Morgan fingerprint density at radius 1 is 1.40 bits per heavy atom. The summed E-state index contributed by atoms with van der Waals surface area (Å²) in [5, 5.41) is 3.00. The van der Waals surface area contributed by atoms with E-state index in [9.17, 15) is 9.18 Å². The van der Waals surface area contributed by atoms with Crippen LogP contribution in [0.3, 0.4) is 0 Å². The number of nitrogens with one attached hydrogen (secondary N) is 1. The molecule has 0 spiro atoms. The van der Waals surface area contributed by atoms with E-state index in [1.54, 1.807) is 6.07 Å². The third-order valence-corrected chi connectivity index (χ3v) is 3.98. The van der Waals surface area contributed by atoms with E-state index in [0.29, 0.717) is 25.7 Å². The lowest BCUT2D eigenvalue weighted by atomic mass is 9.93. The van der Waals surface area contributed by atoms with Crippen LogP contribution in [0, 0.1) is 5.82 Å². The Labute approximate surface area is 117 Å². The van der Waals surface area contributed by atoms with E-state index in [2.05, 4.69) is 5.32 Å². The minimum Gasteiger partial charge on any atom is -0.366 e. The third-order valence-electron chi connectivity index (χ3n) is 3.98. The number of halogens is 1. The van der Waals surface area contributed by atoms with Crippen LogP contribution in [0.4, 0.5) is 10.1 Å². The fourth-order valence-electron chi connectivity index (χ4n) is 2.56. The molecule has 0 radical (unpaired) electrons. The summed E-state index contributed by atoms with van der Waals surface area (Å²) >= 11 is 0. The highest BCUT2D eigenvalue weighted by Crippen LogP contribution is 2.21. The van der Waals surface area contributed by atoms with E-state index >= 15 is 0 Å². The number of hydrogen-bond donors (Lipinski definition) is 1. The average molecular weight is 278 g/mol. The van der Waals surface area contributed by atoms with Gasteiger partial charge in [-0.2, -0.15) is 0 Å². The predicted octanol–water partition coefficient (Wildman–Crippen LogP) is 1.70. The fourth-order valence-corrected chi connectivity index (χ4v) is 2.56. The molecule has 2 fully saturated rings. The summed E-state index contributed by atoms with van der Waals surface area (Å²) in [5.41, 5.74) is 0.801. The lowest BCUT2D eigenvalue weighted by Crippen LogP contribution is -2.53. The first-order valence-corrected chi connectivity index (χ1v) is 7.15. The molecule has 1 heterocycles. The second-order valence-electron chi connectivity index (χ2n) is 5.42. The second kappa shape index (κ2) is 5.79. The molecular formula is C15H19FN2O2. The molecule has 1 amide bonds. The van der Waals surface area contributed by atoms with E-state index in [1.165, 1.54) is 18.6 Å². The molecule has 1 N–H and O–H groups in total. The molecule has 1 saturated carbocycles. The molecule has 3 rings (SSSR count). The van der Waals surface area contributed by atoms with Gasteiger partial charge in [0.1, 0.15) is 5.82 Å². The predicted molar refractivity (Wildman–Crippen MR) is 74.1 cm³/mol. The summed E-state index contributed by atoms with van der Waals surface area (Å²) in [5.74, 6) is -0.305. The summed E-state index contributed by atoms with van der Waals surface area (Å²) in [6.45, 7) is 1.64. The first-order valence-electron chi connectivity index (χ1n) is 7.15. The molecule has 20 heavy (non-hydrogen) atoms. The standard InChI is InChI=1S/C15H19FN2O2/c16-11-3-1-6-13(9-11)18-7-8-20-14(10-18)15(19)17-12-4-2-5-12/h1,3,6,9,12,14H,2,4-5,7-8,10H2,(H,17,19)/t14-/m0/s1.